The molecule has 1 aromatic heterocycles. The van der Waals surface area contributed by atoms with Crippen LogP contribution in [0.5, 0.6) is 0 Å². The van der Waals surface area contributed by atoms with Crippen LogP contribution in [0.2, 0.25) is 10.0 Å². The number of carbonyl (C=O) groups excluding carboxylic acids is 1. The van der Waals surface area contributed by atoms with Gasteiger partial charge in [-0.05, 0) is 55.4 Å². The summed E-state index contributed by atoms with van der Waals surface area (Å²) < 4.78 is 18.4. The average molecular weight is 437 g/mol. The van der Waals surface area contributed by atoms with Crippen LogP contribution in [0.1, 0.15) is 19.2 Å². The Labute approximate surface area is 177 Å². The molecule has 0 saturated carbocycles. The van der Waals surface area contributed by atoms with Gasteiger partial charge in [0.25, 0.3) is 0 Å². The zero-order chi connectivity index (χ0) is 20.8. The lowest BCUT2D eigenvalue weighted by Crippen LogP contribution is -2.33. The van der Waals surface area contributed by atoms with Crippen LogP contribution in [0.3, 0.4) is 0 Å². The van der Waals surface area contributed by atoms with Crippen molar-refractivity contribution in [1.29, 1.82) is 0 Å². The molecule has 3 rings (SSSR count). The van der Waals surface area contributed by atoms with Gasteiger partial charge >= 0.3 is 0 Å². The number of anilines is 1. The molecule has 9 heteroatoms. The van der Waals surface area contributed by atoms with E-state index in [1.807, 2.05) is 11.8 Å². The molecule has 152 valence electrons. The minimum atomic E-state index is -0.335. The van der Waals surface area contributed by atoms with Crippen molar-refractivity contribution >= 4 is 34.8 Å². The van der Waals surface area contributed by atoms with Crippen molar-refractivity contribution in [2.75, 3.05) is 18.4 Å². The lowest BCUT2D eigenvalue weighted by atomic mass is 10.2. The van der Waals surface area contributed by atoms with Gasteiger partial charge in [-0.2, -0.15) is 4.98 Å². The molecule has 1 N–H and O–H groups in total. The molecular formula is C20H19Cl2FN4O2. The molecule has 0 bridgehead atoms. The fraction of sp³-hybridized carbons (Fsp3) is 0.250. The highest BCUT2D eigenvalue weighted by atomic mass is 35.5. The van der Waals surface area contributed by atoms with Crippen molar-refractivity contribution in [1.82, 2.24) is 15.0 Å². The zero-order valence-corrected chi connectivity index (χ0v) is 17.2. The summed E-state index contributed by atoms with van der Waals surface area (Å²) in [6, 6.07) is 10.7. The maximum atomic E-state index is 13.1. The summed E-state index contributed by atoms with van der Waals surface area (Å²) in [4.78, 5) is 18.7. The number of rotatable bonds is 8. The first-order valence-electron chi connectivity index (χ1n) is 9.00. The molecule has 0 spiro atoms. The number of nitrogens with one attached hydrogen (secondary N) is 1. The van der Waals surface area contributed by atoms with Crippen LogP contribution in [0, 0.1) is 5.82 Å². The number of hydrogen-bond acceptors (Lipinski definition) is 5. The molecule has 6 nitrogen and oxygen atoms in total. The highest BCUT2D eigenvalue weighted by Crippen LogP contribution is 2.25. The standard InChI is InChI=1S/C20H19Cl2FN4O2/c1-2-9-27(11-18(28)24-17-8-5-14(21)10-16(17)22)12-19-25-20(26-29-19)13-3-6-15(23)7-4-13/h3-8,10H,2,9,11-12H2,1H3,(H,24,28). The van der Waals surface area contributed by atoms with E-state index in [0.29, 0.717) is 46.1 Å². The van der Waals surface area contributed by atoms with E-state index in [-0.39, 0.29) is 18.3 Å². The number of benzene rings is 2. The number of hydrogen-bond donors (Lipinski definition) is 1. The van der Waals surface area contributed by atoms with E-state index in [1.54, 1.807) is 30.3 Å². The van der Waals surface area contributed by atoms with Crippen molar-refractivity contribution in [3.8, 4) is 11.4 Å². The van der Waals surface area contributed by atoms with E-state index in [0.717, 1.165) is 6.42 Å². The summed E-state index contributed by atoms with van der Waals surface area (Å²) in [5.41, 5.74) is 1.15. The van der Waals surface area contributed by atoms with Gasteiger partial charge in [0.1, 0.15) is 5.82 Å². The summed E-state index contributed by atoms with van der Waals surface area (Å²) in [6.45, 7) is 3.11. The van der Waals surface area contributed by atoms with Crippen LogP contribution in [-0.4, -0.2) is 34.0 Å². The molecular weight excluding hydrogens is 418 g/mol. The largest absolute Gasteiger partial charge is 0.338 e. The summed E-state index contributed by atoms with van der Waals surface area (Å²) in [7, 11) is 0. The van der Waals surface area contributed by atoms with Crippen LogP contribution in [0.4, 0.5) is 10.1 Å². The van der Waals surface area contributed by atoms with Gasteiger partial charge in [-0.1, -0.05) is 35.3 Å². The van der Waals surface area contributed by atoms with Gasteiger partial charge in [-0.15, -0.1) is 0 Å². The molecule has 1 heterocycles. The number of halogens is 3. The molecule has 0 unspecified atom stereocenters. The first kappa shape index (κ1) is 21.2. The van der Waals surface area contributed by atoms with Gasteiger partial charge in [-0.25, -0.2) is 4.39 Å². The molecule has 0 aliphatic rings. The van der Waals surface area contributed by atoms with Crippen LogP contribution in [0.25, 0.3) is 11.4 Å². The van der Waals surface area contributed by atoms with E-state index in [1.165, 1.54) is 12.1 Å². The normalized spacial score (nSPS) is 11.1. The maximum absolute atomic E-state index is 13.1. The molecule has 0 radical (unpaired) electrons. The van der Waals surface area contributed by atoms with E-state index in [9.17, 15) is 9.18 Å². The second-order valence-corrected chi connectivity index (χ2v) is 7.25. The second kappa shape index (κ2) is 9.82. The van der Waals surface area contributed by atoms with E-state index >= 15 is 0 Å². The molecule has 29 heavy (non-hydrogen) atoms. The fourth-order valence-electron chi connectivity index (χ4n) is 2.74. The minimum absolute atomic E-state index is 0.126. The monoisotopic (exact) mass is 436 g/mol. The predicted molar refractivity (Wildman–Crippen MR) is 110 cm³/mol. The van der Waals surface area contributed by atoms with Crippen LogP contribution < -0.4 is 5.32 Å². The third-order valence-electron chi connectivity index (χ3n) is 4.04. The molecule has 0 aliphatic heterocycles. The summed E-state index contributed by atoms with van der Waals surface area (Å²) >= 11 is 12.0. The smallest absolute Gasteiger partial charge is 0.241 e. The quantitative estimate of drug-likeness (QED) is 0.535. The van der Waals surface area contributed by atoms with E-state index < -0.39 is 0 Å². The number of nitrogens with zero attached hydrogens (tertiary/aromatic N) is 3. The van der Waals surface area contributed by atoms with Crippen LogP contribution >= 0.6 is 23.2 Å². The molecule has 3 aromatic rings. The van der Waals surface area contributed by atoms with Gasteiger partial charge in [0.15, 0.2) is 0 Å². The lowest BCUT2D eigenvalue weighted by Gasteiger charge is -2.19. The summed E-state index contributed by atoms with van der Waals surface area (Å²) in [5.74, 6) is 0.184. The van der Waals surface area contributed by atoms with Gasteiger partial charge < -0.3 is 9.84 Å². The predicted octanol–water partition coefficient (Wildman–Crippen LogP) is 5.03. The highest BCUT2D eigenvalue weighted by Gasteiger charge is 2.16. The Morgan fingerprint density at radius 1 is 1.21 bits per heavy atom. The Bertz CT molecular complexity index is 979. The van der Waals surface area contributed by atoms with Gasteiger partial charge in [0, 0.05) is 10.6 Å². The minimum Gasteiger partial charge on any atom is -0.338 e. The number of carbonyl (C=O) groups is 1. The molecule has 0 atom stereocenters. The number of amides is 1. The SMILES string of the molecule is CCCN(CC(=O)Nc1ccc(Cl)cc1Cl)Cc1nc(-c2ccc(F)cc2)no1. The van der Waals surface area contributed by atoms with Crippen molar-refractivity contribution in [2.45, 2.75) is 19.9 Å². The van der Waals surface area contributed by atoms with E-state index in [4.69, 9.17) is 27.7 Å². The topological polar surface area (TPSA) is 71.3 Å². The third-order valence-corrected chi connectivity index (χ3v) is 4.59. The van der Waals surface area contributed by atoms with Crippen LogP contribution in [-0.2, 0) is 11.3 Å². The number of aromatic nitrogens is 2. The Hall–Kier alpha value is -2.48. The Morgan fingerprint density at radius 3 is 2.66 bits per heavy atom. The first-order chi connectivity index (χ1) is 13.9. The molecule has 0 saturated heterocycles. The van der Waals surface area contributed by atoms with Crippen LogP contribution in [0.15, 0.2) is 47.0 Å². The Balaban J connectivity index is 1.64. The first-order valence-corrected chi connectivity index (χ1v) is 9.76. The van der Waals surface area contributed by atoms with Crippen molar-refractivity contribution in [3.63, 3.8) is 0 Å². The average Bonchev–Trinajstić information content (AvgIpc) is 3.13. The fourth-order valence-corrected chi connectivity index (χ4v) is 3.20. The highest BCUT2D eigenvalue weighted by molar-refractivity contribution is 6.36. The zero-order valence-electron chi connectivity index (χ0n) is 15.7. The summed E-state index contributed by atoms with van der Waals surface area (Å²) in [5, 5.41) is 7.57. The lowest BCUT2D eigenvalue weighted by molar-refractivity contribution is -0.117. The molecule has 0 fully saturated rings. The maximum Gasteiger partial charge on any atom is 0.241 e. The Kier molecular flexibility index (Phi) is 7.19. The van der Waals surface area contributed by atoms with Crippen molar-refractivity contribution in [2.24, 2.45) is 0 Å². The van der Waals surface area contributed by atoms with Gasteiger partial charge in [-0.3, -0.25) is 9.69 Å². The van der Waals surface area contributed by atoms with Crippen molar-refractivity contribution in [3.05, 3.63) is 64.2 Å². The Morgan fingerprint density at radius 2 is 1.97 bits per heavy atom. The third kappa shape index (κ3) is 6.00. The summed E-state index contributed by atoms with van der Waals surface area (Å²) in [6.07, 6.45) is 0.841. The molecule has 1 amide bonds. The van der Waals surface area contributed by atoms with Gasteiger partial charge in [0.2, 0.25) is 17.6 Å². The molecule has 2 aromatic carbocycles. The van der Waals surface area contributed by atoms with E-state index in [2.05, 4.69) is 15.5 Å². The van der Waals surface area contributed by atoms with Gasteiger partial charge in [0.05, 0.1) is 23.8 Å². The van der Waals surface area contributed by atoms with Crippen molar-refractivity contribution < 1.29 is 13.7 Å². The second-order valence-electron chi connectivity index (χ2n) is 6.40. The molecule has 0 aliphatic carbocycles.